The van der Waals surface area contributed by atoms with Gasteiger partial charge >= 0.3 is 0 Å². The van der Waals surface area contributed by atoms with Crippen molar-refractivity contribution in [3.8, 4) is 0 Å². The topological polar surface area (TPSA) is 0 Å². The first-order chi connectivity index (χ1) is 6.35. The fourth-order valence-corrected chi connectivity index (χ4v) is 13.6. The van der Waals surface area contributed by atoms with Gasteiger partial charge in [-0.05, 0) is 13.8 Å². The first-order valence-electron chi connectivity index (χ1n) is 5.69. The van der Waals surface area contributed by atoms with Crippen LogP contribution < -0.4 is 0 Å². The zero-order valence-corrected chi connectivity index (χ0v) is 12.6. The van der Waals surface area contributed by atoms with Crippen molar-refractivity contribution in [3.05, 3.63) is 22.5 Å². The maximum Gasteiger partial charge on any atom is 0.0797 e. The van der Waals surface area contributed by atoms with Crippen LogP contribution >= 0.6 is 0 Å². The summed E-state index contributed by atoms with van der Waals surface area (Å²) in [6, 6.07) is 3.01. The SMILES string of the molecule is C/C=C1\C(=C/C)[Si](C)(C)CC[Si]1(C)C. The summed E-state index contributed by atoms with van der Waals surface area (Å²) in [4.78, 5) is 0. The summed E-state index contributed by atoms with van der Waals surface area (Å²) in [5.41, 5.74) is 0. The first-order valence-corrected chi connectivity index (χ1v) is 12.1. The van der Waals surface area contributed by atoms with Crippen molar-refractivity contribution in [1.29, 1.82) is 0 Å². The summed E-state index contributed by atoms with van der Waals surface area (Å²) < 4.78 is 0. The summed E-state index contributed by atoms with van der Waals surface area (Å²) in [6.07, 6.45) is 4.80. The van der Waals surface area contributed by atoms with Gasteiger partial charge in [-0.15, -0.1) is 0 Å². The Morgan fingerprint density at radius 2 is 1.07 bits per heavy atom. The molecule has 2 heteroatoms. The average Bonchev–Trinajstić information content (AvgIpc) is 2.09. The molecule has 0 amide bonds. The summed E-state index contributed by atoms with van der Waals surface area (Å²) in [5.74, 6) is 0. The molecule has 0 aromatic heterocycles. The molecule has 1 saturated heterocycles. The molecule has 1 fully saturated rings. The van der Waals surface area contributed by atoms with Gasteiger partial charge in [0.25, 0.3) is 0 Å². The third-order valence-electron chi connectivity index (χ3n) is 3.70. The van der Waals surface area contributed by atoms with E-state index in [4.69, 9.17) is 0 Å². The minimum atomic E-state index is -1.07. The standard InChI is InChI=1S/C12H24Si2/c1-7-11-12(8-2)14(5,6)10-9-13(11,3)4/h7-8H,9-10H2,1-6H3/b11-7+,12-8+. The quantitative estimate of drug-likeness (QED) is 0.535. The Morgan fingerprint density at radius 3 is 1.29 bits per heavy atom. The molecule has 0 bridgehead atoms. The molecule has 0 spiro atoms. The Kier molecular flexibility index (Phi) is 3.27. The van der Waals surface area contributed by atoms with Gasteiger partial charge < -0.3 is 0 Å². The van der Waals surface area contributed by atoms with E-state index >= 15 is 0 Å². The lowest BCUT2D eigenvalue weighted by atomic mass is 10.4. The van der Waals surface area contributed by atoms with E-state index in [0.29, 0.717) is 0 Å². The molecule has 0 radical (unpaired) electrons. The van der Waals surface area contributed by atoms with Crippen molar-refractivity contribution in [1.82, 2.24) is 0 Å². The second-order valence-corrected chi connectivity index (χ2v) is 15.3. The minimum Gasteiger partial charge on any atom is -0.0885 e. The van der Waals surface area contributed by atoms with E-state index in [1.54, 1.807) is 10.4 Å². The zero-order valence-electron chi connectivity index (χ0n) is 10.6. The second-order valence-electron chi connectivity index (χ2n) is 5.67. The molecule has 0 aromatic carbocycles. The van der Waals surface area contributed by atoms with Gasteiger partial charge in [0.05, 0.1) is 16.1 Å². The fourth-order valence-electron chi connectivity index (χ4n) is 2.72. The maximum atomic E-state index is 2.52. The van der Waals surface area contributed by atoms with Gasteiger partial charge in [0.15, 0.2) is 0 Å². The highest BCUT2D eigenvalue weighted by Crippen LogP contribution is 2.41. The fraction of sp³-hybridized carbons (Fsp3) is 0.667. The average molecular weight is 224 g/mol. The lowest BCUT2D eigenvalue weighted by Crippen LogP contribution is -2.45. The highest BCUT2D eigenvalue weighted by atomic mass is 28.3. The molecule has 0 N–H and O–H groups in total. The molecular weight excluding hydrogens is 200 g/mol. The monoisotopic (exact) mass is 224 g/mol. The van der Waals surface area contributed by atoms with Gasteiger partial charge in [0.2, 0.25) is 0 Å². The van der Waals surface area contributed by atoms with Crippen molar-refractivity contribution in [2.75, 3.05) is 0 Å². The summed E-state index contributed by atoms with van der Waals surface area (Å²) in [6.45, 7) is 14.5. The Bertz CT molecular complexity index is 253. The van der Waals surface area contributed by atoms with Crippen LogP contribution in [0.3, 0.4) is 0 Å². The highest BCUT2D eigenvalue weighted by molar-refractivity contribution is 6.97. The van der Waals surface area contributed by atoms with E-state index in [1.807, 2.05) is 0 Å². The molecule has 0 atom stereocenters. The zero-order chi connectivity index (χ0) is 11.0. The van der Waals surface area contributed by atoms with E-state index in [-0.39, 0.29) is 0 Å². The molecule has 0 aliphatic carbocycles. The molecular formula is C12H24Si2. The van der Waals surface area contributed by atoms with E-state index < -0.39 is 16.1 Å². The number of allylic oxidation sites excluding steroid dienone is 4. The second kappa shape index (κ2) is 3.82. The van der Waals surface area contributed by atoms with Gasteiger partial charge in [0, 0.05) is 0 Å². The van der Waals surface area contributed by atoms with Crippen LogP contribution in [-0.2, 0) is 0 Å². The third kappa shape index (κ3) is 1.96. The molecule has 80 valence electrons. The van der Waals surface area contributed by atoms with Crippen LogP contribution in [0.4, 0.5) is 0 Å². The molecule has 1 aliphatic rings. The van der Waals surface area contributed by atoms with Gasteiger partial charge in [-0.3, -0.25) is 0 Å². The minimum absolute atomic E-state index is 1.07. The Labute approximate surface area is 91.1 Å². The molecule has 1 aliphatic heterocycles. The van der Waals surface area contributed by atoms with Gasteiger partial charge in [-0.2, -0.15) is 0 Å². The van der Waals surface area contributed by atoms with Gasteiger partial charge in [0.1, 0.15) is 0 Å². The summed E-state index contributed by atoms with van der Waals surface area (Å²) in [5, 5.41) is 3.51. The number of hydrogen-bond donors (Lipinski definition) is 0. The summed E-state index contributed by atoms with van der Waals surface area (Å²) >= 11 is 0. The number of hydrogen-bond acceptors (Lipinski definition) is 0. The molecule has 1 rings (SSSR count). The van der Waals surface area contributed by atoms with E-state index in [0.717, 1.165) is 0 Å². The van der Waals surface area contributed by atoms with E-state index in [1.165, 1.54) is 12.1 Å². The van der Waals surface area contributed by atoms with Crippen LogP contribution in [0.25, 0.3) is 0 Å². The lowest BCUT2D eigenvalue weighted by Gasteiger charge is -2.42. The third-order valence-corrected chi connectivity index (χ3v) is 11.5. The molecule has 0 unspecified atom stereocenters. The smallest absolute Gasteiger partial charge is 0.0797 e. The molecule has 0 saturated carbocycles. The Hall–Kier alpha value is -0.0862. The maximum absolute atomic E-state index is 2.52. The normalized spacial score (nSPS) is 31.0. The summed E-state index contributed by atoms with van der Waals surface area (Å²) in [7, 11) is -2.13. The Balaban J connectivity index is 3.18. The van der Waals surface area contributed by atoms with E-state index in [9.17, 15) is 0 Å². The highest BCUT2D eigenvalue weighted by Gasteiger charge is 2.41. The van der Waals surface area contributed by atoms with E-state index in [2.05, 4.69) is 52.2 Å². The largest absolute Gasteiger partial charge is 0.0885 e. The first kappa shape index (κ1) is 12.0. The van der Waals surface area contributed by atoms with Crippen LogP contribution in [0.5, 0.6) is 0 Å². The van der Waals surface area contributed by atoms with Crippen LogP contribution in [0.2, 0.25) is 38.3 Å². The van der Waals surface area contributed by atoms with Crippen molar-refractivity contribution >= 4 is 16.1 Å². The van der Waals surface area contributed by atoms with Crippen LogP contribution in [-0.4, -0.2) is 16.1 Å². The van der Waals surface area contributed by atoms with Crippen LogP contribution in [0.1, 0.15) is 13.8 Å². The molecule has 0 nitrogen and oxygen atoms in total. The van der Waals surface area contributed by atoms with Crippen LogP contribution in [0, 0.1) is 0 Å². The van der Waals surface area contributed by atoms with Crippen molar-refractivity contribution in [2.24, 2.45) is 0 Å². The predicted octanol–water partition coefficient (Wildman–Crippen LogP) is 4.39. The van der Waals surface area contributed by atoms with Crippen molar-refractivity contribution in [3.63, 3.8) is 0 Å². The van der Waals surface area contributed by atoms with Gasteiger partial charge in [-0.25, -0.2) is 0 Å². The van der Waals surface area contributed by atoms with Crippen molar-refractivity contribution < 1.29 is 0 Å². The Morgan fingerprint density at radius 1 is 0.786 bits per heavy atom. The van der Waals surface area contributed by atoms with Crippen LogP contribution in [0.15, 0.2) is 22.5 Å². The van der Waals surface area contributed by atoms with Gasteiger partial charge in [-0.1, -0.05) is 60.8 Å². The molecule has 14 heavy (non-hydrogen) atoms. The lowest BCUT2D eigenvalue weighted by molar-refractivity contribution is 1.22. The number of rotatable bonds is 0. The molecule has 0 aromatic rings. The van der Waals surface area contributed by atoms with Crippen molar-refractivity contribution in [2.45, 2.75) is 52.1 Å². The molecule has 1 heterocycles. The predicted molar refractivity (Wildman–Crippen MR) is 72.1 cm³/mol.